The second-order valence-electron chi connectivity index (χ2n) is 7.65. The molecule has 1 aliphatic carbocycles. The van der Waals surface area contributed by atoms with Gasteiger partial charge in [0.25, 0.3) is 5.56 Å². The molecule has 0 saturated heterocycles. The van der Waals surface area contributed by atoms with E-state index < -0.39 is 0 Å². The lowest BCUT2D eigenvalue weighted by Crippen LogP contribution is -2.11. The maximum Gasteiger partial charge on any atom is 0.259 e. The number of rotatable bonds is 8. The average molecular weight is 488 g/mol. The van der Waals surface area contributed by atoms with Crippen molar-refractivity contribution >= 4 is 44.9 Å². The molecule has 0 fully saturated rings. The smallest absolute Gasteiger partial charge is 0.259 e. The minimum absolute atomic E-state index is 0.0339. The number of ether oxygens (including phenoxy) is 1. The highest BCUT2D eigenvalue weighted by atomic mass is 35.5. The van der Waals surface area contributed by atoms with E-state index in [2.05, 4.69) is 19.7 Å². The lowest BCUT2D eigenvalue weighted by atomic mass is 10.2. The SMILES string of the molecule is COCCCn1c(SCc2nc3sc4c(c3c(=O)[nH]2)CCC4)nnc1-c1ccc(Cl)cc1. The van der Waals surface area contributed by atoms with E-state index in [-0.39, 0.29) is 5.56 Å². The van der Waals surface area contributed by atoms with Crippen molar-refractivity contribution in [3.63, 3.8) is 0 Å². The number of hydrogen-bond acceptors (Lipinski definition) is 7. The van der Waals surface area contributed by atoms with Crippen molar-refractivity contribution in [2.75, 3.05) is 13.7 Å². The molecule has 0 spiro atoms. The largest absolute Gasteiger partial charge is 0.385 e. The summed E-state index contributed by atoms with van der Waals surface area (Å²) in [4.78, 5) is 22.6. The number of nitrogens with one attached hydrogen (secondary N) is 1. The highest BCUT2D eigenvalue weighted by Crippen LogP contribution is 2.35. The first-order valence-corrected chi connectivity index (χ1v) is 12.7. The maximum absolute atomic E-state index is 12.7. The molecular formula is C22H22ClN5O2S2. The molecule has 1 aromatic carbocycles. The summed E-state index contributed by atoms with van der Waals surface area (Å²) in [6.07, 6.45) is 4.00. The first-order chi connectivity index (χ1) is 15.6. The molecule has 1 aliphatic rings. The van der Waals surface area contributed by atoms with Crippen LogP contribution in [0.4, 0.5) is 0 Å². The highest BCUT2D eigenvalue weighted by molar-refractivity contribution is 7.98. The number of benzene rings is 1. The van der Waals surface area contributed by atoms with Crippen LogP contribution < -0.4 is 5.56 Å². The number of aromatic amines is 1. The fourth-order valence-corrected chi connectivity index (χ4v) is 6.27. The zero-order chi connectivity index (χ0) is 22.1. The molecule has 0 aliphatic heterocycles. The number of aryl methyl sites for hydroxylation is 2. The van der Waals surface area contributed by atoms with Crippen LogP contribution in [0.15, 0.2) is 34.2 Å². The number of fused-ring (bicyclic) bond motifs is 3. The molecule has 0 atom stereocenters. The van der Waals surface area contributed by atoms with Gasteiger partial charge in [-0.25, -0.2) is 4.98 Å². The number of thioether (sulfide) groups is 1. The topological polar surface area (TPSA) is 85.7 Å². The lowest BCUT2D eigenvalue weighted by Gasteiger charge is -2.10. The van der Waals surface area contributed by atoms with Crippen molar-refractivity contribution in [2.45, 2.75) is 43.1 Å². The quantitative estimate of drug-likeness (QED) is 0.286. The van der Waals surface area contributed by atoms with E-state index >= 15 is 0 Å². The third-order valence-electron chi connectivity index (χ3n) is 5.51. The van der Waals surface area contributed by atoms with Crippen LogP contribution in [0.5, 0.6) is 0 Å². The summed E-state index contributed by atoms with van der Waals surface area (Å²) < 4.78 is 7.31. The van der Waals surface area contributed by atoms with Crippen molar-refractivity contribution in [3.05, 3.63) is 55.9 Å². The molecule has 0 radical (unpaired) electrons. The third-order valence-corrected chi connectivity index (χ3v) is 7.93. The summed E-state index contributed by atoms with van der Waals surface area (Å²) in [5.41, 5.74) is 2.11. The van der Waals surface area contributed by atoms with Crippen LogP contribution in [0.2, 0.25) is 5.02 Å². The minimum atomic E-state index is -0.0339. The Hall–Kier alpha value is -2.20. The van der Waals surface area contributed by atoms with E-state index in [1.54, 1.807) is 18.4 Å². The Morgan fingerprint density at radius 2 is 2.09 bits per heavy atom. The summed E-state index contributed by atoms with van der Waals surface area (Å²) in [5, 5.41) is 11.1. The van der Waals surface area contributed by atoms with E-state index in [0.717, 1.165) is 59.0 Å². The fraction of sp³-hybridized carbons (Fsp3) is 0.364. The van der Waals surface area contributed by atoms with Gasteiger partial charge >= 0.3 is 0 Å². The average Bonchev–Trinajstić information content (AvgIpc) is 3.47. The van der Waals surface area contributed by atoms with Gasteiger partial charge in [0.05, 0.1) is 11.1 Å². The second-order valence-corrected chi connectivity index (χ2v) is 10.1. The van der Waals surface area contributed by atoms with Crippen molar-refractivity contribution in [1.82, 2.24) is 24.7 Å². The molecule has 3 aromatic heterocycles. The lowest BCUT2D eigenvalue weighted by molar-refractivity contribution is 0.189. The van der Waals surface area contributed by atoms with Crippen LogP contribution in [-0.2, 0) is 29.9 Å². The monoisotopic (exact) mass is 487 g/mol. The normalized spacial score (nSPS) is 13.2. The standard InChI is InChI=1S/C22H22ClN5O2S2/c1-30-11-3-10-28-19(13-6-8-14(23)9-7-13)26-27-22(28)31-12-17-24-20(29)18-15-4-2-5-16(15)32-21(18)25-17/h6-9H,2-5,10-12H2,1H3,(H,24,25,29). The number of halogens is 1. The van der Waals surface area contributed by atoms with Gasteiger partial charge in [-0.1, -0.05) is 23.4 Å². The van der Waals surface area contributed by atoms with Gasteiger partial charge in [0.15, 0.2) is 11.0 Å². The summed E-state index contributed by atoms with van der Waals surface area (Å²) in [7, 11) is 1.69. The summed E-state index contributed by atoms with van der Waals surface area (Å²) in [6.45, 7) is 1.37. The Morgan fingerprint density at radius 3 is 2.91 bits per heavy atom. The minimum Gasteiger partial charge on any atom is -0.385 e. The second kappa shape index (κ2) is 9.35. The predicted molar refractivity (Wildman–Crippen MR) is 129 cm³/mol. The molecule has 0 saturated carbocycles. The van der Waals surface area contributed by atoms with Gasteiger partial charge in [-0.2, -0.15) is 0 Å². The van der Waals surface area contributed by atoms with E-state index in [4.69, 9.17) is 21.3 Å². The van der Waals surface area contributed by atoms with Crippen molar-refractivity contribution in [2.24, 2.45) is 0 Å². The van der Waals surface area contributed by atoms with Crippen LogP contribution in [0.1, 0.15) is 29.1 Å². The number of thiophene rings is 1. The van der Waals surface area contributed by atoms with Gasteiger partial charge in [0.2, 0.25) is 0 Å². The van der Waals surface area contributed by atoms with Crippen molar-refractivity contribution in [3.8, 4) is 11.4 Å². The van der Waals surface area contributed by atoms with E-state index in [1.807, 2.05) is 24.3 Å². The predicted octanol–water partition coefficient (Wildman–Crippen LogP) is 4.71. The number of nitrogens with zero attached hydrogens (tertiary/aromatic N) is 4. The molecule has 10 heteroatoms. The molecule has 7 nitrogen and oxygen atoms in total. The van der Waals surface area contributed by atoms with Gasteiger partial charge in [0.1, 0.15) is 10.7 Å². The zero-order valence-corrected chi connectivity index (χ0v) is 19.9. The molecule has 0 unspecified atom stereocenters. The molecule has 0 bridgehead atoms. The summed E-state index contributed by atoms with van der Waals surface area (Å²) in [5.74, 6) is 1.95. The molecule has 3 heterocycles. The van der Waals surface area contributed by atoms with E-state index in [0.29, 0.717) is 23.2 Å². The Morgan fingerprint density at radius 1 is 1.25 bits per heavy atom. The molecule has 1 N–H and O–H groups in total. The van der Waals surface area contributed by atoms with Crippen LogP contribution in [0, 0.1) is 0 Å². The first kappa shape index (κ1) is 21.6. The summed E-state index contributed by atoms with van der Waals surface area (Å²) in [6, 6.07) is 7.58. The van der Waals surface area contributed by atoms with Crippen LogP contribution >= 0.6 is 34.7 Å². The molecular weight excluding hydrogens is 466 g/mol. The highest BCUT2D eigenvalue weighted by Gasteiger charge is 2.21. The fourth-order valence-electron chi connectivity index (χ4n) is 4.02. The molecule has 4 aromatic rings. The van der Waals surface area contributed by atoms with Crippen LogP contribution in [-0.4, -0.2) is 38.4 Å². The molecule has 166 valence electrons. The zero-order valence-electron chi connectivity index (χ0n) is 17.6. The third kappa shape index (κ3) is 4.22. The Bertz CT molecular complexity index is 1310. The van der Waals surface area contributed by atoms with E-state index in [1.165, 1.54) is 22.2 Å². The number of methoxy groups -OCH3 is 1. The van der Waals surface area contributed by atoms with E-state index in [9.17, 15) is 4.79 Å². The Balaban J connectivity index is 1.41. The van der Waals surface area contributed by atoms with Crippen LogP contribution in [0.3, 0.4) is 0 Å². The molecule has 0 amide bonds. The molecule has 32 heavy (non-hydrogen) atoms. The maximum atomic E-state index is 12.7. The first-order valence-electron chi connectivity index (χ1n) is 10.5. The van der Waals surface area contributed by atoms with Gasteiger partial charge < -0.3 is 14.3 Å². The van der Waals surface area contributed by atoms with Gasteiger partial charge in [-0.05, 0) is 55.5 Å². The Labute approximate surface area is 198 Å². The van der Waals surface area contributed by atoms with Crippen LogP contribution in [0.25, 0.3) is 21.6 Å². The number of aromatic nitrogens is 5. The van der Waals surface area contributed by atoms with Gasteiger partial charge in [0, 0.05) is 35.7 Å². The van der Waals surface area contributed by atoms with Gasteiger partial charge in [-0.15, -0.1) is 21.5 Å². The van der Waals surface area contributed by atoms with Crippen molar-refractivity contribution in [1.29, 1.82) is 0 Å². The number of H-pyrrole nitrogens is 1. The Kier molecular flexibility index (Phi) is 6.32. The van der Waals surface area contributed by atoms with Gasteiger partial charge in [-0.3, -0.25) is 4.79 Å². The molecule has 5 rings (SSSR count). The number of hydrogen-bond donors (Lipinski definition) is 1. The summed E-state index contributed by atoms with van der Waals surface area (Å²) >= 11 is 9.22. The van der Waals surface area contributed by atoms with Crippen molar-refractivity contribution < 1.29 is 4.74 Å².